The number of hydrogen-bond acceptors (Lipinski definition) is 6. The van der Waals surface area contributed by atoms with Gasteiger partial charge in [-0.2, -0.15) is 0 Å². The Balaban J connectivity index is 1.56. The van der Waals surface area contributed by atoms with Crippen LogP contribution in [0.1, 0.15) is 43.9 Å². The molecule has 10 heteroatoms. The van der Waals surface area contributed by atoms with Crippen molar-refractivity contribution >= 4 is 32.3 Å². The highest BCUT2D eigenvalue weighted by Gasteiger charge is 2.42. The lowest BCUT2D eigenvalue weighted by Crippen LogP contribution is -2.48. The van der Waals surface area contributed by atoms with Gasteiger partial charge in [0.15, 0.2) is 5.78 Å². The van der Waals surface area contributed by atoms with Gasteiger partial charge in [0, 0.05) is 17.7 Å². The molecule has 0 fully saturated rings. The molecule has 2 aliphatic rings. The topological polar surface area (TPSA) is 116 Å². The molecular weight excluding hydrogens is 554 g/mol. The Morgan fingerprint density at radius 2 is 1.57 bits per heavy atom. The van der Waals surface area contributed by atoms with E-state index in [2.05, 4.69) is 4.72 Å². The van der Waals surface area contributed by atoms with Crippen LogP contribution in [0.25, 0.3) is 10.8 Å². The van der Waals surface area contributed by atoms with E-state index in [1.165, 1.54) is 22.5 Å². The van der Waals surface area contributed by atoms with Gasteiger partial charge in [-0.15, -0.1) is 0 Å². The van der Waals surface area contributed by atoms with Crippen LogP contribution in [0, 0.1) is 12.3 Å². The zero-order valence-corrected chi connectivity index (χ0v) is 24.6. The minimum atomic E-state index is -4.06. The molecule has 3 aromatic carbocycles. The Morgan fingerprint density at radius 3 is 2.24 bits per heavy atom. The van der Waals surface area contributed by atoms with E-state index in [0.717, 1.165) is 5.57 Å². The van der Waals surface area contributed by atoms with Crippen molar-refractivity contribution in [2.24, 2.45) is 5.41 Å². The Labute approximate surface area is 243 Å². The van der Waals surface area contributed by atoms with Crippen LogP contribution in [-0.4, -0.2) is 30.7 Å². The minimum Gasteiger partial charge on any atom is -0.497 e. The summed E-state index contributed by atoms with van der Waals surface area (Å²) in [5, 5.41) is 0.552. The lowest BCUT2D eigenvalue weighted by atomic mass is 9.71. The van der Waals surface area contributed by atoms with Gasteiger partial charge in [0.1, 0.15) is 11.8 Å². The summed E-state index contributed by atoms with van der Waals surface area (Å²) in [5.74, 6) is 0.482. The van der Waals surface area contributed by atoms with Crippen LogP contribution >= 0.6 is 0 Å². The number of hydrogen-bond donors (Lipinski definition) is 1. The SMILES string of the molecule is COc1ccc(NS(=O)(=O)c2cc(C3C4=C(Cn5c(=O)c6ccccc6c(=O)n53)CC(C)(C)CC4=O)ccc2C)cc1. The number of carbonyl (C=O) groups is 1. The summed E-state index contributed by atoms with van der Waals surface area (Å²) < 4.78 is 37.8. The largest absolute Gasteiger partial charge is 0.497 e. The summed E-state index contributed by atoms with van der Waals surface area (Å²) in [6.07, 6.45) is 0.860. The van der Waals surface area contributed by atoms with Crippen molar-refractivity contribution in [3.05, 3.63) is 110 Å². The van der Waals surface area contributed by atoms with Gasteiger partial charge in [0.25, 0.3) is 21.1 Å². The fourth-order valence-corrected chi connectivity index (χ4v) is 7.58. The highest BCUT2D eigenvalue weighted by Crippen LogP contribution is 2.44. The molecule has 1 aliphatic carbocycles. The molecule has 216 valence electrons. The van der Waals surface area contributed by atoms with Crippen molar-refractivity contribution in [3.63, 3.8) is 0 Å². The number of carbonyl (C=O) groups excluding carboxylic acids is 1. The van der Waals surface area contributed by atoms with Crippen LogP contribution in [-0.2, 0) is 21.4 Å². The summed E-state index contributed by atoms with van der Waals surface area (Å²) in [4.78, 5) is 41.5. The highest BCUT2D eigenvalue weighted by molar-refractivity contribution is 7.92. The summed E-state index contributed by atoms with van der Waals surface area (Å²) in [6, 6.07) is 17.1. The van der Waals surface area contributed by atoms with Crippen molar-refractivity contribution in [2.45, 2.75) is 51.1 Å². The van der Waals surface area contributed by atoms with Crippen molar-refractivity contribution in [1.82, 2.24) is 9.36 Å². The Hall–Kier alpha value is -4.44. The van der Waals surface area contributed by atoms with Crippen LogP contribution in [0.3, 0.4) is 0 Å². The maximum absolute atomic E-state index is 14.0. The molecule has 1 N–H and O–H groups in total. The van der Waals surface area contributed by atoms with E-state index < -0.39 is 21.6 Å². The molecule has 1 unspecified atom stereocenters. The van der Waals surface area contributed by atoms with E-state index in [9.17, 15) is 22.8 Å². The Kier molecular flexibility index (Phi) is 6.49. The number of fused-ring (bicyclic) bond motifs is 2. The zero-order chi connectivity index (χ0) is 30.0. The number of Topliss-reactive ketones (excluding diaryl/α,β-unsaturated/α-hetero) is 1. The third-order valence-electron chi connectivity index (χ3n) is 8.12. The Bertz CT molecular complexity index is 2040. The molecule has 0 bridgehead atoms. The van der Waals surface area contributed by atoms with Gasteiger partial charge in [0.05, 0.1) is 29.3 Å². The minimum absolute atomic E-state index is 0.00913. The van der Waals surface area contributed by atoms with E-state index in [1.54, 1.807) is 67.6 Å². The fraction of sp³-hybridized carbons (Fsp3) is 0.281. The standard InChI is InChI=1S/C32H31N3O6S/c1-19-9-10-20(15-27(19)42(39,40)33-22-11-13-23(41-4)14-12-22)29-28-21(16-32(2,3)17-26(28)36)18-34-30(37)24-7-5-6-8-25(24)31(38)35(29)34/h5-15,29,33H,16-18H2,1-4H3. The highest BCUT2D eigenvalue weighted by atomic mass is 32.2. The number of methoxy groups -OCH3 is 1. The average molecular weight is 586 g/mol. The predicted octanol–water partition coefficient (Wildman–Crippen LogP) is 4.57. The maximum atomic E-state index is 14.0. The second kappa shape index (κ2) is 9.84. The normalized spacial score (nSPS) is 18.0. The number of aryl methyl sites for hydroxylation is 1. The van der Waals surface area contributed by atoms with Crippen LogP contribution in [0.15, 0.2) is 92.4 Å². The summed E-state index contributed by atoms with van der Waals surface area (Å²) in [6.45, 7) is 5.83. The van der Waals surface area contributed by atoms with E-state index in [0.29, 0.717) is 39.9 Å². The third kappa shape index (κ3) is 4.56. The van der Waals surface area contributed by atoms with E-state index >= 15 is 0 Å². The molecule has 0 saturated carbocycles. The smallest absolute Gasteiger partial charge is 0.274 e. The van der Waals surface area contributed by atoms with Gasteiger partial charge in [-0.25, -0.2) is 17.8 Å². The van der Waals surface area contributed by atoms with E-state index in [4.69, 9.17) is 4.74 Å². The second-order valence-corrected chi connectivity index (χ2v) is 13.4. The molecule has 0 spiro atoms. The first-order valence-corrected chi connectivity index (χ1v) is 15.2. The van der Waals surface area contributed by atoms with E-state index in [1.807, 2.05) is 13.8 Å². The van der Waals surface area contributed by atoms with Crippen molar-refractivity contribution in [3.8, 4) is 5.75 Å². The average Bonchev–Trinajstić information content (AvgIpc) is 2.94. The van der Waals surface area contributed by atoms with Crippen molar-refractivity contribution in [1.29, 1.82) is 0 Å². The number of ether oxygens (including phenoxy) is 1. The van der Waals surface area contributed by atoms with Gasteiger partial charge in [-0.3, -0.25) is 19.1 Å². The Morgan fingerprint density at radius 1 is 0.905 bits per heavy atom. The number of anilines is 1. The first-order chi connectivity index (χ1) is 19.9. The first kappa shape index (κ1) is 27.7. The molecule has 6 rings (SSSR count). The molecule has 0 radical (unpaired) electrons. The van der Waals surface area contributed by atoms with Crippen LogP contribution < -0.4 is 20.6 Å². The summed E-state index contributed by atoms with van der Waals surface area (Å²) in [5.41, 5.74) is 1.46. The number of benzene rings is 3. The van der Waals surface area contributed by atoms with Crippen molar-refractivity contribution in [2.75, 3.05) is 11.8 Å². The number of aromatic nitrogens is 2. The van der Waals surface area contributed by atoms with Crippen molar-refractivity contribution < 1.29 is 17.9 Å². The van der Waals surface area contributed by atoms with Gasteiger partial charge < -0.3 is 4.74 Å². The molecule has 4 aromatic rings. The van der Waals surface area contributed by atoms with Gasteiger partial charge in [0.2, 0.25) is 0 Å². The number of sulfonamides is 1. The zero-order valence-electron chi connectivity index (χ0n) is 23.8. The summed E-state index contributed by atoms with van der Waals surface area (Å²) >= 11 is 0. The number of allylic oxidation sites excluding steroid dienone is 2. The molecular formula is C32H31N3O6S. The molecule has 42 heavy (non-hydrogen) atoms. The molecule has 1 aliphatic heterocycles. The quantitative estimate of drug-likeness (QED) is 0.367. The molecule has 0 saturated heterocycles. The second-order valence-electron chi connectivity index (χ2n) is 11.8. The van der Waals surface area contributed by atoms with Gasteiger partial charge in [-0.05, 0) is 77.9 Å². The number of rotatable bonds is 5. The summed E-state index contributed by atoms with van der Waals surface area (Å²) in [7, 11) is -2.54. The van der Waals surface area contributed by atoms with Gasteiger partial charge >= 0.3 is 0 Å². The maximum Gasteiger partial charge on any atom is 0.274 e. The fourth-order valence-electron chi connectivity index (χ4n) is 6.24. The van der Waals surface area contributed by atoms with Crippen LogP contribution in [0.4, 0.5) is 5.69 Å². The van der Waals surface area contributed by atoms with Crippen LogP contribution in [0.5, 0.6) is 5.75 Å². The number of nitrogens with zero attached hydrogens (tertiary/aromatic N) is 2. The molecule has 0 amide bonds. The van der Waals surface area contributed by atoms with E-state index in [-0.39, 0.29) is 40.0 Å². The lowest BCUT2D eigenvalue weighted by Gasteiger charge is -2.40. The van der Waals surface area contributed by atoms with Crippen LogP contribution in [0.2, 0.25) is 0 Å². The van der Waals surface area contributed by atoms with Gasteiger partial charge in [-0.1, -0.05) is 38.1 Å². The molecule has 2 heterocycles. The molecule has 1 atom stereocenters. The predicted molar refractivity (Wildman–Crippen MR) is 161 cm³/mol. The number of ketones is 1. The monoisotopic (exact) mass is 585 g/mol. The molecule has 9 nitrogen and oxygen atoms in total. The lowest BCUT2D eigenvalue weighted by molar-refractivity contribution is -0.118. The molecule has 1 aromatic heterocycles. The third-order valence-corrected chi connectivity index (χ3v) is 9.64. The first-order valence-electron chi connectivity index (χ1n) is 13.7. The number of nitrogens with one attached hydrogen (secondary N) is 1.